The summed E-state index contributed by atoms with van der Waals surface area (Å²) in [6.07, 6.45) is 1.97. The van der Waals surface area contributed by atoms with Gasteiger partial charge in [0.15, 0.2) is 0 Å². The molecular weight excluding hydrogens is 174 g/mol. The number of hydrogen-bond acceptors (Lipinski definition) is 5. The van der Waals surface area contributed by atoms with E-state index in [1.165, 1.54) is 10.9 Å². The fourth-order valence-corrected chi connectivity index (χ4v) is 0.823. The SMILES string of the molecule is CCOC(=O)c1nncn1CC=O. The number of carbonyl (C=O) groups is 2. The van der Waals surface area contributed by atoms with E-state index in [1.54, 1.807) is 6.92 Å². The highest BCUT2D eigenvalue weighted by atomic mass is 16.5. The van der Waals surface area contributed by atoms with Gasteiger partial charge in [0.1, 0.15) is 12.6 Å². The van der Waals surface area contributed by atoms with Crippen LogP contribution >= 0.6 is 0 Å². The molecule has 0 atom stereocenters. The predicted octanol–water partition coefficient (Wildman–Crippen LogP) is -0.346. The van der Waals surface area contributed by atoms with Crippen LogP contribution in [0.5, 0.6) is 0 Å². The molecule has 0 aromatic carbocycles. The Kier molecular flexibility index (Phi) is 3.13. The molecular formula is C7H9N3O3. The molecule has 0 aliphatic heterocycles. The van der Waals surface area contributed by atoms with Gasteiger partial charge in [-0.2, -0.15) is 0 Å². The molecule has 1 aromatic heterocycles. The van der Waals surface area contributed by atoms with Gasteiger partial charge in [-0.1, -0.05) is 0 Å². The van der Waals surface area contributed by atoms with Crippen LogP contribution in [0, 0.1) is 0 Å². The number of hydrogen-bond donors (Lipinski definition) is 0. The van der Waals surface area contributed by atoms with Crippen LogP contribution in [0.1, 0.15) is 17.5 Å². The first kappa shape index (κ1) is 9.37. The van der Waals surface area contributed by atoms with E-state index < -0.39 is 5.97 Å². The third-order valence-electron chi connectivity index (χ3n) is 1.34. The minimum absolute atomic E-state index is 0.0500. The molecule has 70 valence electrons. The molecule has 1 heterocycles. The molecule has 0 aliphatic rings. The Hall–Kier alpha value is -1.72. The van der Waals surface area contributed by atoms with Crippen molar-refractivity contribution in [2.75, 3.05) is 6.61 Å². The van der Waals surface area contributed by atoms with Gasteiger partial charge >= 0.3 is 5.97 Å². The van der Waals surface area contributed by atoms with E-state index in [4.69, 9.17) is 4.74 Å². The molecule has 0 bridgehead atoms. The van der Waals surface area contributed by atoms with Crippen LogP contribution < -0.4 is 0 Å². The van der Waals surface area contributed by atoms with Gasteiger partial charge in [-0.3, -0.25) is 0 Å². The minimum Gasteiger partial charge on any atom is -0.460 e. The summed E-state index contributed by atoms with van der Waals surface area (Å²) in [5.74, 6) is -0.518. The summed E-state index contributed by atoms with van der Waals surface area (Å²) >= 11 is 0. The Balaban J connectivity index is 2.80. The lowest BCUT2D eigenvalue weighted by molar-refractivity contribution is -0.108. The first-order valence-corrected chi connectivity index (χ1v) is 3.78. The Labute approximate surface area is 74.5 Å². The molecule has 0 N–H and O–H groups in total. The summed E-state index contributed by atoms with van der Waals surface area (Å²) in [6, 6.07) is 0. The second-order valence-corrected chi connectivity index (χ2v) is 2.19. The fraction of sp³-hybridized carbons (Fsp3) is 0.429. The Bertz CT molecular complexity index is 308. The van der Waals surface area contributed by atoms with Gasteiger partial charge in [-0.05, 0) is 6.92 Å². The van der Waals surface area contributed by atoms with Gasteiger partial charge in [-0.15, -0.1) is 10.2 Å². The first-order valence-electron chi connectivity index (χ1n) is 3.78. The van der Waals surface area contributed by atoms with Crippen LogP contribution in [-0.2, 0) is 16.1 Å². The van der Waals surface area contributed by atoms with Crippen LogP contribution in [-0.4, -0.2) is 33.6 Å². The number of carbonyl (C=O) groups excluding carboxylic acids is 2. The van der Waals surface area contributed by atoms with E-state index >= 15 is 0 Å². The summed E-state index contributed by atoms with van der Waals surface area (Å²) in [5.41, 5.74) is 0. The standard InChI is InChI=1S/C7H9N3O3/c1-2-13-7(12)6-9-8-5-10(6)3-4-11/h4-5H,2-3H2,1H3. The lowest BCUT2D eigenvalue weighted by Gasteiger charge is -2.00. The van der Waals surface area contributed by atoms with E-state index in [2.05, 4.69) is 10.2 Å². The first-order chi connectivity index (χ1) is 6.29. The summed E-state index contributed by atoms with van der Waals surface area (Å²) in [6.45, 7) is 2.02. The van der Waals surface area contributed by atoms with E-state index in [1.807, 2.05) is 0 Å². The smallest absolute Gasteiger partial charge is 0.376 e. The van der Waals surface area contributed by atoms with Crippen LogP contribution in [0.2, 0.25) is 0 Å². The summed E-state index contributed by atoms with van der Waals surface area (Å²) in [7, 11) is 0. The van der Waals surface area contributed by atoms with E-state index in [-0.39, 0.29) is 19.0 Å². The van der Waals surface area contributed by atoms with Crippen molar-refractivity contribution >= 4 is 12.3 Å². The summed E-state index contributed by atoms with van der Waals surface area (Å²) in [5, 5.41) is 7.03. The monoisotopic (exact) mass is 183 g/mol. The van der Waals surface area contributed by atoms with Gasteiger partial charge in [-0.25, -0.2) is 4.79 Å². The number of aldehydes is 1. The zero-order valence-corrected chi connectivity index (χ0v) is 7.14. The maximum atomic E-state index is 11.1. The molecule has 0 saturated heterocycles. The van der Waals surface area contributed by atoms with Gasteiger partial charge in [0, 0.05) is 0 Å². The molecule has 0 saturated carbocycles. The lowest BCUT2D eigenvalue weighted by atomic mass is 10.5. The normalized spacial score (nSPS) is 9.62. The van der Waals surface area contributed by atoms with Crippen LogP contribution in [0.4, 0.5) is 0 Å². The van der Waals surface area contributed by atoms with Crippen molar-refractivity contribution in [3.8, 4) is 0 Å². The maximum Gasteiger partial charge on any atom is 0.376 e. The van der Waals surface area contributed by atoms with Crippen LogP contribution in [0.25, 0.3) is 0 Å². The van der Waals surface area contributed by atoms with Crippen molar-refractivity contribution < 1.29 is 14.3 Å². The van der Waals surface area contributed by atoms with Crippen molar-refractivity contribution in [3.63, 3.8) is 0 Å². The van der Waals surface area contributed by atoms with Crippen molar-refractivity contribution in [3.05, 3.63) is 12.2 Å². The van der Waals surface area contributed by atoms with Crippen molar-refractivity contribution in [2.45, 2.75) is 13.5 Å². The average molecular weight is 183 g/mol. The maximum absolute atomic E-state index is 11.1. The molecule has 0 unspecified atom stereocenters. The van der Waals surface area contributed by atoms with Gasteiger partial charge < -0.3 is 14.1 Å². The average Bonchev–Trinajstić information content (AvgIpc) is 2.54. The van der Waals surface area contributed by atoms with Crippen molar-refractivity contribution in [1.82, 2.24) is 14.8 Å². The topological polar surface area (TPSA) is 74.1 Å². The van der Waals surface area contributed by atoms with Gasteiger partial charge in [0.2, 0.25) is 5.82 Å². The molecule has 13 heavy (non-hydrogen) atoms. The summed E-state index contributed by atoms with van der Waals surface area (Å²) in [4.78, 5) is 21.3. The molecule has 0 fully saturated rings. The zero-order chi connectivity index (χ0) is 9.68. The van der Waals surface area contributed by atoms with Crippen molar-refractivity contribution in [2.24, 2.45) is 0 Å². The van der Waals surface area contributed by atoms with E-state index in [0.717, 1.165) is 0 Å². The number of aromatic nitrogens is 3. The Morgan fingerprint density at radius 1 is 1.77 bits per heavy atom. The minimum atomic E-state index is -0.568. The van der Waals surface area contributed by atoms with Crippen LogP contribution in [0.3, 0.4) is 0 Å². The molecule has 0 spiro atoms. The molecule has 1 rings (SSSR count). The van der Waals surface area contributed by atoms with E-state index in [0.29, 0.717) is 6.29 Å². The van der Waals surface area contributed by atoms with Gasteiger partial charge in [0.05, 0.1) is 13.2 Å². The van der Waals surface area contributed by atoms with Crippen molar-refractivity contribution in [1.29, 1.82) is 0 Å². The van der Waals surface area contributed by atoms with E-state index in [9.17, 15) is 9.59 Å². The lowest BCUT2D eigenvalue weighted by Crippen LogP contribution is -2.13. The predicted molar refractivity (Wildman–Crippen MR) is 42.0 cm³/mol. The Morgan fingerprint density at radius 3 is 3.15 bits per heavy atom. The highest BCUT2D eigenvalue weighted by Crippen LogP contribution is 1.96. The number of esters is 1. The second-order valence-electron chi connectivity index (χ2n) is 2.19. The quantitative estimate of drug-likeness (QED) is 0.471. The molecule has 0 amide bonds. The molecule has 6 nitrogen and oxygen atoms in total. The van der Waals surface area contributed by atoms with Gasteiger partial charge in [0.25, 0.3) is 0 Å². The molecule has 6 heteroatoms. The Morgan fingerprint density at radius 2 is 2.54 bits per heavy atom. The largest absolute Gasteiger partial charge is 0.460 e. The summed E-state index contributed by atoms with van der Waals surface area (Å²) < 4.78 is 6.02. The highest BCUT2D eigenvalue weighted by Gasteiger charge is 2.13. The fourth-order valence-electron chi connectivity index (χ4n) is 0.823. The third kappa shape index (κ3) is 2.11. The number of nitrogens with zero attached hydrogens (tertiary/aromatic N) is 3. The highest BCUT2D eigenvalue weighted by molar-refractivity contribution is 5.85. The molecule has 0 radical (unpaired) electrons. The molecule has 1 aromatic rings. The molecule has 0 aliphatic carbocycles. The van der Waals surface area contributed by atoms with Crippen LogP contribution in [0.15, 0.2) is 6.33 Å². The third-order valence-corrected chi connectivity index (χ3v) is 1.34. The second kappa shape index (κ2) is 4.34. The zero-order valence-electron chi connectivity index (χ0n) is 7.14. The number of rotatable bonds is 4. The number of ether oxygens (including phenoxy) is 1.